The van der Waals surface area contributed by atoms with Crippen molar-refractivity contribution in [3.05, 3.63) is 24.3 Å². The molecule has 0 atom stereocenters. The molecule has 1 rings (SSSR count). The van der Waals surface area contributed by atoms with Crippen LogP contribution in [0.25, 0.3) is 0 Å². The van der Waals surface area contributed by atoms with Gasteiger partial charge in [-0.2, -0.15) is 0 Å². The number of rotatable bonds is 5. The molecule has 0 saturated heterocycles. The van der Waals surface area contributed by atoms with E-state index >= 15 is 0 Å². The standard InChI is InChI=1S/C13H19N3O3/c1-4-19-12(17)9-14-13(18)15-10-7-5-6-8-11(10)16(2)3/h5-8H,4,9H2,1-3H3,(H2,14,15,18). The van der Waals surface area contributed by atoms with Crippen molar-refractivity contribution in [3.8, 4) is 0 Å². The van der Waals surface area contributed by atoms with Crippen molar-refractivity contribution in [1.29, 1.82) is 0 Å². The molecule has 0 radical (unpaired) electrons. The predicted molar refractivity (Wildman–Crippen MR) is 74.4 cm³/mol. The zero-order chi connectivity index (χ0) is 14.3. The maximum Gasteiger partial charge on any atom is 0.325 e. The molecule has 6 nitrogen and oxygen atoms in total. The van der Waals surface area contributed by atoms with Crippen LogP contribution in [-0.2, 0) is 9.53 Å². The number of nitrogens with zero attached hydrogens (tertiary/aromatic N) is 1. The van der Waals surface area contributed by atoms with Crippen LogP contribution in [0.4, 0.5) is 16.2 Å². The van der Waals surface area contributed by atoms with E-state index in [1.165, 1.54) is 0 Å². The van der Waals surface area contributed by atoms with Gasteiger partial charge in [-0.05, 0) is 19.1 Å². The first-order chi connectivity index (χ1) is 9.04. The van der Waals surface area contributed by atoms with Gasteiger partial charge in [-0.1, -0.05) is 12.1 Å². The molecule has 0 spiro atoms. The number of nitrogens with one attached hydrogen (secondary N) is 2. The number of carbonyl (C=O) groups is 2. The van der Waals surface area contributed by atoms with Crippen molar-refractivity contribution in [3.63, 3.8) is 0 Å². The van der Waals surface area contributed by atoms with Gasteiger partial charge in [0.15, 0.2) is 0 Å². The molecule has 2 amide bonds. The maximum absolute atomic E-state index is 11.6. The fourth-order valence-electron chi connectivity index (χ4n) is 1.50. The third kappa shape index (κ3) is 4.87. The number of benzene rings is 1. The zero-order valence-corrected chi connectivity index (χ0v) is 11.4. The highest BCUT2D eigenvalue weighted by Crippen LogP contribution is 2.22. The van der Waals surface area contributed by atoms with E-state index in [0.29, 0.717) is 12.3 Å². The van der Waals surface area contributed by atoms with Crippen molar-refractivity contribution in [1.82, 2.24) is 5.32 Å². The summed E-state index contributed by atoms with van der Waals surface area (Å²) in [6.45, 7) is 1.86. The minimum Gasteiger partial charge on any atom is -0.465 e. The molecule has 0 saturated carbocycles. The summed E-state index contributed by atoms with van der Waals surface area (Å²) in [4.78, 5) is 24.6. The highest BCUT2D eigenvalue weighted by atomic mass is 16.5. The lowest BCUT2D eigenvalue weighted by atomic mass is 10.2. The Morgan fingerprint density at radius 1 is 1.26 bits per heavy atom. The fraction of sp³-hybridized carbons (Fsp3) is 0.385. The third-order valence-electron chi connectivity index (χ3n) is 2.33. The molecule has 0 unspecified atom stereocenters. The largest absolute Gasteiger partial charge is 0.465 e. The summed E-state index contributed by atoms with van der Waals surface area (Å²) in [6.07, 6.45) is 0. The second kappa shape index (κ2) is 7.25. The average molecular weight is 265 g/mol. The normalized spacial score (nSPS) is 9.63. The molecule has 104 valence electrons. The monoisotopic (exact) mass is 265 g/mol. The average Bonchev–Trinajstić information content (AvgIpc) is 2.37. The Balaban J connectivity index is 2.55. The zero-order valence-electron chi connectivity index (χ0n) is 11.4. The lowest BCUT2D eigenvalue weighted by Crippen LogP contribution is -2.34. The Morgan fingerprint density at radius 2 is 1.95 bits per heavy atom. The van der Waals surface area contributed by atoms with E-state index in [-0.39, 0.29) is 6.54 Å². The predicted octanol–water partition coefficient (Wildman–Crippen LogP) is 1.44. The van der Waals surface area contributed by atoms with Gasteiger partial charge < -0.3 is 20.3 Å². The molecule has 0 aliphatic rings. The third-order valence-corrected chi connectivity index (χ3v) is 2.33. The Labute approximate surface area is 112 Å². The van der Waals surface area contributed by atoms with Crippen LogP contribution in [0, 0.1) is 0 Å². The first kappa shape index (κ1) is 14.8. The molecule has 0 bridgehead atoms. The SMILES string of the molecule is CCOC(=O)CNC(=O)Nc1ccccc1N(C)C. The molecule has 1 aromatic carbocycles. The van der Waals surface area contributed by atoms with Crippen LogP contribution in [0.1, 0.15) is 6.92 Å². The smallest absolute Gasteiger partial charge is 0.325 e. The van der Waals surface area contributed by atoms with E-state index in [1.54, 1.807) is 13.0 Å². The van der Waals surface area contributed by atoms with Crippen molar-refractivity contribution in [2.75, 3.05) is 37.5 Å². The van der Waals surface area contributed by atoms with Crippen molar-refractivity contribution < 1.29 is 14.3 Å². The van der Waals surface area contributed by atoms with E-state index < -0.39 is 12.0 Å². The topological polar surface area (TPSA) is 70.7 Å². The van der Waals surface area contributed by atoms with Crippen LogP contribution >= 0.6 is 0 Å². The minimum absolute atomic E-state index is 0.149. The number of urea groups is 1. The fourth-order valence-corrected chi connectivity index (χ4v) is 1.50. The molecule has 0 aliphatic heterocycles. The Hall–Kier alpha value is -2.24. The number of hydrogen-bond acceptors (Lipinski definition) is 4. The lowest BCUT2D eigenvalue weighted by molar-refractivity contribution is -0.141. The van der Waals surface area contributed by atoms with E-state index in [9.17, 15) is 9.59 Å². The summed E-state index contributed by atoms with van der Waals surface area (Å²) >= 11 is 0. The highest BCUT2D eigenvalue weighted by molar-refractivity contribution is 5.94. The number of hydrogen-bond donors (Lipinski definition) is 2. The molecule has 2 N–H and O–H groups in total. The second-order valence-corrected chi connectivity index (χ2v) is 4.02. The van der Waals surface area contributed by atoms with Gasteiger partial charge in [-0.25, -0.2) is 4.79 Å². The number of anilines is 2. The van der Waals surface area contributed by atoms with E-state index in [2.05, 4.69) is 10.6 Å². The molecule has 0 aromatic heterocycles. The number of ether oxygens (including phenoxy) is 1. The molecule has 19 heavy (non-hydrogen) atoms. The molecule has 0 heterocycles. The van der Waals surface area contributed by atoms with Crippen LogP contribution in [0.3, 0.4) is 0 Å². The number of amides is 2. The van der Waals surface area contributed by atoms with Gasteiger partial charge in [-0.15, -0.1) is 0 Å². The summed E-state index contributed by atoms with van der Waals surface area (Å²) in [5.74, 6) is -0.460. The summed E-state index contributed by atoms with van der Waals surface area (Å²) in [6, 6.07) is 6.95. The first-order valence-corrected chi connectivity index (χ1v) is 6.01. The van der Waals surface area contributed by atoms with Crippen molar-refractivity contribution >= 4 is 23.4 Å². The molecule has 0 fully saturated rings. The van der Waals surface area contributed by atoms with E-state index in [0.717, 1.165) is 5.69 Å². The van der Waals surface area contributed by atoms with Gasteiger partial charge in [0.05, 0.1) is 18.0 Å². The van der Waals surface area contributed by atoms with Gasteiger partial charge in [-0.3, -0.25) is 4.79 Å². The summed E-state index contributed by atoms with van der Waals surface area (Å²) in [7, 11) is 3.77. The molecule has 0 aliphatic carbocycles. The number of esters is 1. The van der Waals surface area contributed by atoms with Gasteiger partial charge >= 0.3 is 12.0 Å². The Kier molecular flexibility index (Phi) is 5.66. The molecular weight excluding hydrogens is 246 g/mol. The van der Waals surface area contributed by atoms with Crippen LogP contribution < -0.4 is 15.5 Å². The quantitative estimate of drug-likeness (QED) is 0.790. The summed E-state index contributed by atoms with van der Waals surface area (Å²) in [5, 5.41) is 5.13. The minimum atomic E-state index is -0.460. The van der Waals surface area contributed by atoms with Crippen LogP contribution in [-0.4, -0.2) is 39.2 Å². The van der Waals surface area contributed by atoms with Gasteiger partial charge in [0, 0.05) is 14.1 Å². The van der Waals surface area contributed by atoms with Crippen LogP contribution in [0.15, 0.2) is 24.3 Å². The molecular formula is C13H19N3O3. The molecule has 6 heteroatoms. The summed E-state index contributed by atoms with van der Waals surface area (Å²) in [5.41, 5.74) is 1.56. The Morgan fingerprint density at radius 3 is 2.58 bits per heavy atom. The van der Waals surface area contributed by atoms with Crippen LogP contribution in [0.2, 0.25) is 0 Å². The first-order valence-electron chi connectivity index (χ1n) is 6.01. The van der Waals surface area contributed by atoms with Crippen molar-refractivity contribution in [2.45, 2.75) is 6.92 Å². The Bertz CT molecular complexity index is 447. The van der Waals surface area contributed by atoms with Crippen LogP contribution in [0.5, 0.6) is 0 Å². The summed E-state index contributed by atoms with van der Waals surface area (Å²) < 4.78 is 4.71. The van der Waals surface area contributed by atoms with Gasteiger partial charge in [0.25, 0.3) is 0 Å². The van der Waals surface area contributed by atoms with Crippen molar-refractivity contribution in [2.24, 2.45) is 0 Å². The van der Waals surface area contributed by atoms with E-state index in [1.807, 2.05) is 37.2 Å². The number of carbonyl (C=O) groups excluding carboxylic acids is 2. The van der Waals surface area contributed by atoms with Gasteiger partial charge in [0.2, 0.25) is 0 Å². The highest BCUT2D eigenvalue weighted by Gasteiger charge is 2.09. The second-order valence-electron chi connectivity index (χ2n) is 4.02. The lowest BCUT2D eigenvalue weighted by Gasteiger charge is -2.17. The number of para-hydroxylation sites is 2. The molecule has 1 aromatic rings. The van der Waals surface area contributed by atoms with Gasteiger partial charge in [0.1, 0.15) is 6.54 Å². The maximum atomic E-state index is 11.6. The van der Waals surface area contributed by atoms with E-state index in [4.69, 9.17) is 4.74 Å².